The standard InChI is InChI=1S/C24H14N4.C4H8O2/c1-3-9-15-13(7-1)19-21(25-15)22-20(14-8-2-4-10-16(14)26-22)24-23(19)27-17-11-5-6-12-18(17)28-24;1-3-6-4(2)5/h1-12,27-28H;3H2,1-2H3. The van der Waals surface area contributed by atoms with Crippen LogP contribution in [0.15, 0.2) is 72.8 Å². The van der Waals surface area contributed by atoms with Gasteiger partial charge in [-0.05, 0) is 31.2 Å². The molecule has 3 heterocycles. The first-order chi connectivity index (χ1) is 16.7. The van der Waals surface area contributed by atoms with Gasteiger partial charge in [-0.25, -0.2) is 9.97 Å². The zero-order chi connectivity index (χ0) is 23.2. The zero-order valence-electron chi connectivity index (χ0n) is 18.8. The van der Waals surface area contributed by atoms with Gasteiger partial charge in [0.15, 0.2) is 0 Å². The Hall–Kier alpha value is -4.45. The van der Waals surface area contributed by atoms with E-state index in [2.05, 4.69) is 75.4 Å². The first-order valence-corrected chi connectivity index (χ1v) is 11.3. The lowest BCUT2D eigenvalue weighted by Gasteiger charge is -2.08. The Morgan fingerprint density at radius 1 is 0.735 bits per heavy atom. The lowest BCUT2D eigenvalue weighted by atomic mass is 10.0. The molecule has 0 aliphatic carbocycles. The van der Waals surface area contributed by atoms with E-state index in [0.29, 0.717) is 6.61 Å². The average Bonchev–Trinajstić information content (AvgIpc) is 3.43. The number of benzene rings is 4. The van der Waals surface area contributed by atoms with E-state index in [9.17, 15) is 4.79 Å². The number of esters is 1. The molecular formula is C28H22N4O2. The highest BCUT2D eigenvalue weighted by Gasteiger charge is 2.19. The molecule has 7 aromatic rings. The van der Waals surface area contributed by atoms with Crippen molar-refractivity contribution < 1.29 is 9.53 Å². The van der Waals surface area contributed by atoms with Crippen LogP contribution in [-0.2, 0) is 9.53 Å². The number of nitrogens with zero attached hydrogens (tertiary/aromatic N) is 2. The largest absolute Gasteiger partial charge is 0.466 e. The maximum absolute atomic E-state index is 9.82. The van der Waals surface area contributed by atoms with E-state index >= 15 is 0 Å². The lowest BCUT2D eigenvalue weighted by Crippen LogP contribution is -1.95. The van der Waals surface area contributed by atoms with Crippen molar-refractivity contribution in [1.29, 1.82) is 0 Å². The van der Waals surface area contributed by atoms with Gasteiger partial charge in [0.25, 0.3) is 0 Å². The molecule has 34 heavy (non-hydrogen) atoms. The van der Waals surface area contributed by atoms with Crippen LogP contribution in [-0.4, -0.2) is 32.5 Å². The number of carbonyl (C=O) groups excluding carboxylic acids is 1. The highest BCUT2D eigenvalue weighted by molar-refractivity contribution is 6.34. The molecule has 0 bridgehead atoms. The van der Waals surface area contributed by atoms with Gasteiger partial charge in [0.1, 0.15) is 11.0 Å². The number of hydrogen-bond acceptors (Lipinski definition) is 4. The topological polar surface area (TPSA) is 83.7 Å². The van der Waals surface area contributed by atoms with Gasteiger partial charge in [0.2, 0.25) is 0 Å². The van der Waals surface area contributed by atoms with Gasteiger partial charge < -0.3 is 14.7 Å². The van der Waals surface area contributed by atoms with Crippen LogP contribution in [0.3, 0.4) is 0 Å². The third-order valence-corrected chi connectivity index (χ3v) is 6.05. The van der Waals surface area contributed by atoms with Crippen molar-refractivity contribution in [2.45, 2.75) is 13.8 Å². The van der Waals surface area contributed by atoms with Crippen molar-refractivity contribution in [3.63, 3.8) is 0 Å². The lowest BCUT2D eigenvalue weighted by molar-refractivity contribution is -0.140. The van der Waals surface area contributed by atoms with Gasteiger partial charge in [-0.1, -0.05) is 48.5 Å². The Bertz CT molecular complexity index is 1730. The van der Waals surface area contributed by atoms with E-state index in [0.717, 1.165) is 65.7 Å². The SMILES string of the molecule is CCOC(C)=O.c1ccc2c(c1)nc1c3nc4ccccc4c3c3[nH]c4ccccc4[nH]c3c21. The third-order valence-electron chi connectivity index (χ3n) is 6.05. The molecule has 0 amide bonds. The summed E-state index contributed by atoms with van der Waals surface area (Å²) in [5.41, 5.74) is 8.22. The second kappa shape index (κ2) is 7.85. The summed E-state index contributed by atoms with van der Waals surface area (Å²) in [6, 6.07) is 24.9. The molecule has 0 fully saturated rings. The number of ether oxygens (including phenoxy) is 1. The number of aromatic nitrogens is 4. The second-order valence-corrected chi connectivity index (χ2v) is 8.18. The molecule has 0 aliphatic heterocycles. The van der Waals surface area contributed by atoms with Crippen molar-refractivity contribution in [2.24, 2.45) is 0 Å². The van der Waals surface area contributed by atoms with Gasteiger partial charge in [-0.3, -0.25) is 4.79 Å². The van der Waals surface area contributed by atoms with Gasteiger partial charge in [-0.15, -0.1) is 0 Å². The quantitative estimate of drug-likeness (QED) is 0.219. The number of carbonyl (C=O) groups is 1. The van der Waals surface area contributed by atoms with Crippen molar-refractivity contribution in [3.8, 4) is 0 Å². The summed E-state index contributed by atoms with van der Waals surface area (Å²) in [5, 5.41) is 4.55. The molecule has 7 rings (SSSR count). The fraction of sp³-hybridized carbons (Fsp3) is 0.107. The molecule has 0 saturated heterocycles. The van der Waals surface area contributed by atoms with Crippen molar-refractivity contribution in [3.05, 3.63) is 72.8 Å². The predicted molar refractivity (Wildman–Crippen MR) is 138 cm³/mol. The van der Waals surface area contributed by atoms with E-state index in [1.165, 1.54) is 6.92 Å². The third kappa shape index (κ3) is 3.07. The van der Waals surface area contributed by atoms with Gasteiger partial charge in [-0.2, -0.15) is 0 Å². The van der Waals surface area contributed by atoms with Crippen molar-refractivity contribution in [1.82, 2.24) is 19.9 Å². The van der Waals surface area contributed by atoms with E-state index in [-0.39, 0.29) is 5.97 Å². The fourth-order valence-electron chi connectivity index (χ4n) is 4.70. The summed E-state index contributed by atoms with van der Waals surface area (Å²) in [6.45, 7) is 3.65. The molecule has 0 spiro atoms. The highest BCUT2D eigenvalue weighted by atomic mass is 16.5. The molecular weight excluding hydrogens is 424 g/mol. The summed E-state index contributed by atoms with van der Waals surface area (Å²) in [7, 11) is 0. The molecule has 6 nitrogen and oxygen atoms in total. The van der Waals surface area contributed by atoms with Gasteiger partial charge in [0.05, 0.1) is 39.7 Å². The van der Waals surface area contributed by atoms with Crippen LogP contribution in [0.2, 0.25) is 0 Å². The summed E-state index contributed by atoms with van der Waals surface area (Å²) in [6.07, 6.45) is 0. The number of nitrogens with one attached hydrogen (secondary N) is 2. The number of hydrogen-bond donors (Lipinski definition) is 2. The number of aromatic amines is 2. The molecule has 4 aromatic carbocycles. The minimum absolute atomic E-state index is 0.211. The minimum Gasteiger partial charge on any atom is -0.466 e. The molecule has 6 heteroatoms. The molecule has 0 unspecified atom stereocenters. The maximum atomic E-state index is 9.82. The fourth-order valence-corrected chi connectivity index (χ4v) is 4.70. The Morgan fingerprint density at radius 2 is 1.18 bits per heavy atom. The van der Waals surface area contributed by atoms with E-state index in [1.807, 2.05) is 12.1 Å². The molecule has 166 valence electrons. The Kier molecular flexibility index (Phi) is 4.66. The van der Waals surface area contributed by atoms with Crippen LogP contribution >= 0.6 is 0 Å². The highest BCUT2D eigenvalue weighted by Crippen LogP contribution is 2.40. The second-order valence-electron chi connectivity index (χ2n) is 8.18. The minimum atomic E-state index is -0.211. The number of H-pyrrole nitrogens is 2. The van der Waals surface area contributed by atoms with Crippen molar-refractivity contribution >= 4 is 71.6 Å². The molecule has 0 aliphatic rings. The molecule has 2 N–H and O–H groups in total. The predicted octanol–water partition coefficient (Wildman–Crippen LogP) is 6.62. The normalized spacial score (nSPS) is 11.5. The summed E-state index contributed by atoms with van der Waals surface area (Å²) >= 11 is 0. The average molecular weight is 447 g/mol. The monoisotopic (exact) mass is 446 g/mol. The van der Waals surface area contributed by atoms with E-state index in [4.69, 9.17) is 9.97 Å². The smallest absolute Gasteiger partial charge is 0.302 e. The molecule has 0 saturated carbocycles. The van der Waals surface area contributed by atoms with Crippen LogP contribution in [0.5, 0.6) is 0 Å². The summed E-state index contributed by atoms with van der Waals surface area (Å²) in [4.78, 5) is 27.1. The maximum Gasteiger partial charge on any atom is 0.302 e. The van der Waals surface area contributed by atoms with Crippen molar-refractivity contribution in [2.75, 3.05) is 6.61 Å². The van der Waals surface area contributed by atoms with Crippen LogP contribution in [0.25, 0.3) is 65.7 Å². The van der Waals surface area contributed by atoms with Crippen LogP contribution < -0.4 is 0 Å². The first-order valence-electron chi connectivity index (χ1n) is 11.3. The molecule has 3 aromatic heterocycles. The van der Waals surface area contributed by atoms with Gasteiger partial charge in [0, 0.05) is 28.5 Å². The van der Waals surface area contributed by atoms with Crippen LogP contribution in [0.4, 0.5) is 0 Å². The summed E-state index contributed by atoms with van der Waals surface area (Å²) in [5.74, 6) is -0.211. The zero-order valence-corrected chi connectivity index (χ0v) is 18.8. The van der Waals surface area contributed by atoms with Gasteiger partial charge >= 0.3 is 5.97 Å². The molecule has 0 radical (unpaired) electrons. The number of rotatable bonds is 1. The Balaban J connectivity index is 0.000000326. The molecule has 0 atom stereocenters. The Labute approximate surface area is 194 Å². The van der Waals surface area contributed by atoms with Crippen LogP contribution in [0.1, 0.15) is 13.8 Å². The van der Waals surface area contributed by atoms with E-state index < -0.39 is 0 Å². The number of para-hydroxylation sites is 4. The van der Waals surface area contributed by atoms with Crippen LogP contribution in [0, 0.1) is 0 Å². The Morgan fingerprint density at radius 3 is 1.59 bits per heavy atom. The summed E-state index contributed by atoms with van der Waals surface area (Å²) < 4.78 is 4.40. The number of fused-ring (bicyclic) bond motifs is 11. The van der Waals surface area contributed by atoms with E-state index in [1.54, 1.807) is 6.92 Å². The first kappa shape index (κ1) is 20.2.